The second-order valence-electron chi connectivity index (χ2n) is 3.66. The molecule has 0 radical (unpaired) electrons. The summed E-state index contributed by atoms with van der Waals surface area (Å²) in [6.45, 7) is 1.70. The second-order valence-corrected chi connectivity index (χ2v) is 3.66. The molecular formula is C10H16N2O2. The lowest BCUT2D eigenvalue weighted by Crippen LogP contribution is -2.42. The molecule has 14 heavy (non-hydrogen) atoms. The van der Waals surface area contributed by atoms with Gasteiger partial charge in [0.15, 0.2) is 0 Å². The van der Waals surface area contributed by atoms with Crippen LogP contribution in [0.5, 0.6) is 0 Å². The molecule has 0 saturated heterocycles. The largest absolute Gasteiger partial charge is 0.372 e. The summed E-state index contributed by atoms with van der Waals surface area (Å²) in [7, 11) is 1.50. The Bertz CT molecular complexity index is 247. The highest BCUT2D eigenvalue weighted by Crippen LogP contribution is 2.24. The summed E-state index contributed by atoms with van der Waals surface area (Å²) in [5, 5.41) is 11.7. The zero-order valence-electron chi connectivity index (χ0n) is 8.62. The van der Waals surface area contributed by atoms with Crippen molar-refractivity contribution in [2.75, 3.05) is 7.11 Å². The summed E-state index contributed by atoms with van der Waals surface area (Å²) in [5.41, 5.74) is 0. The standard InChI is InChI=1S/C10H16N2O2/c1-7(14-2)10(13)12-9-5-3-4-8(9)6-11/h7-9H,3-5H2,1-2H3,(H,12,13). The number of carbonyl (C=O) groups excluding carboxylic acids is 1. The molecule has 0 aromatic heterocycles. The molecule has 1 fully saturated rings. The Balaban J connectivity index is 2.44. The van der Waals surface area contributed by atoms with Crippen molar-refractivity contribution in [1.29, 1.82) is 5.26 Å². The van der Waals surface area contributed by atoms with Gasteiger partial charge >= 0.3 is 0 Å². The van der Waals surface area contributed by atoms with Crippen molar-refractivity contribution in [2.45, 2.75) is 38.3 Å². The Morgan fingerprint density at radius 1 is 1.64 bits per heavy atom. The lowest BCUT2D eigenvalue weighted by molar-refractivity contribution is -0.130. The van der Waals surface area contributed by atoms with Crippen LogP contribution in [-0.2, 0) is 9.53 Å². The summed E-state index contributed by atoms with van der Waals surface area (Å²) in [4.78, 5) is 11.4. The van der Waals surface area contributed by atoms with Crippen LogP contribution in [-0.4, -0.2) is 25.2 Å². The molecule has 4 heteroatoms. The van der Waals surface area contributed by atoms with Gasteiger partial charge in [-0.25, -0.2) is 0 Å². The molecule has 0 heterocycles. The smallest absolute Gasteiger partial charge is 0.249 e. The van der Waals surface area contributed by atoms with Gasteiger partial charge in [-0.3, -0.25) is 4.79 Å². The topological polar surface area (TPSA) is 62.1 Å². The summed E-state index contributed by atoms with van der Waals surface area (Å²) in [6.07, 6.45) is 2.38. The minimum absolute atomic E-state index is 0.0186. The molecule has 1 N–H and O–H groups in total. The number of methoxy groups -OCH3 is 1. The van der Waals surface area contributed by atoms with Crippen LogP contribution >= 0.6 is 0 Å². The third kappa shape index (κ3) is 2.46. The van der Waals surface area contributed by atoms with Crippen LogP contribution in [0.15, 0.2) is 0 Å². The van der Waals surface area contributed by atoms with Crippen LogP contribution in [0, 0.1) is 17.2 Å². The van der Waals surface area contributed by atoms with E-state index in [4.69, 9.17) is 10.00 Å². The fourth-order valence-corrected chi connectivity index (χ4v) is 1.69. The van der Waals surface area contributed by atoms with Gasteiger partial charge < -0.3 is 10.1 Å². The number of nitrogens with zero attached hydrogens (tertiary/aromatic N) is 1. The third-order valence-corrected chi connectivity index (χ3v) is 2.73. The van der Waals surface area contributed by atoms with E-state index in [1.54, 1.807) is 6.92 Å². The van der Waals surface area contributed by atoms with Gasteiger partial charge in [-0.2, -0.15) is 5.26 Å². The summed E-state index contributed by atoms with van der Waals surface area (Å²) in [6, 6.07) is 2.24. The molecule has 0 bridgehead atoms. The van der Waals surface area contributed by atoms with E-state index in [9.17, 15) is 4.79 Å². The van der Waals surface area contributed by atoms with Gasteiger partial charge in [0.25, 0.3) is 0 Å². The van der Waals surface area contributed by atoms with Crippen LogP contribution in [0.2, 0.25) is 0 Å². The highest BCUT2D eigenvalue weighted by Gasteiger charge is 2.29. The fraction of sp³-hybridized carbons (Fsp3) is 0.800. The van der Waals surface area contributed by atoms with Crippen molar-refractivity contribution in [3.63, 3.8) is 0 Å². The monoisotopic (exact) mass is 196 g/mol. The average molecular weight is 196 g/mol. The number of amides is 1. The average Bonchev–Trinajstić information content (AvgIpc) is 2.63. The molecule has 1 aliphatic rings. The Hall–Kier alpha value is -1.08. The van der Waals surface area contributed by atoms with Crippen LogP contribution < -0.4 is 5.32 Å². The van der Waals surface area contributed by atoms with Crippen molar-refractivity contribution >= 4 is 5.91 Å². The predicted molar refractivity (Wildman–Crippen MR) is 51.4 cm³/mol. The molecule has 1 aliphatic carbocycles. The molecule has 0 aromatic rings. The maximum Gasteiger partial charge on any atom is 0.249 e. The maximum absolute atomic E-state index is 11.4. The van der Waals surface area contributed by atoms with Gasteiger partial charge in [0.1, 0.15) is 6.10 Å². The molecule has 4 nitrogen and oxygen atoms in total. The quantitative estimate of drug-likeness (QED) is 0.727. The van der Waals surface area contributed by atoms with E-state index in [1.807, 2.05) is 0 Å². The Kier molecular flexibility index (Phi) is 3.90. The van der Waals surface area contributed by atoms with Crippen LogP contribution in [0.3, 0.4) is 0 Å². The van der Waals surface area contributed by atoms with Gasteiger partial charge in [0.05, 0.1) is 12.0 Å². The van der Waals surface area contributed by atoms with Crippen molar-refractivity contribution in [2.24, 2.45) is 5.92 Å². The zero-order chi connectivity index (χ0) is 10.6. The molecule has 0 aromatic carbocycles. The molecule has 1 saturated carbocycles. The molecule has 0 aliphatic heterocycles. The van der Waals surface area contributed by atoms with Crippen LogP contribution in [0.4, 0.5) is 0 Å². The molecule has 3 atom stereocenters. The Morgan fingerprint density at radius 3 is 2.93 bits per heavy atom. The van der Waals surface area contributed by atoms with Crippen molar-refractivity contribution in [3.8, 4) is 6.07 Å². The van der Waals surface area contributed by atoms with E-state index in [1.165, 1.54) is 7.11 Å². The predicted octanol–water partition coefficient (Wildman–Crippen LogP) is 0.830. The van der Waals surface area contributed by atoms with Crippen molar-refractivity contribution in [3.05, 3.63) is 0 Å². The fourth-order valence-electron chi connectivity index (χ4n) is 1.69. The molecule has 0 spiro atoms. The Morgan fingerprint density at radius 2 is 2.36 bits per heavy atom. The number of carbonyl (C=O) groups is 1. The zero-order valence-corrected chi connectivity index (χ0v) is 8.62. The summed E-state index contributed by atoms with van der Waals surface area (Å²) >= 11 is 0. The normalized spacial score (nSPS) is 28.1. The number of nitrogens with one attached hydrogen (secondary N) is 1. The number of rotatable bonds is 3. The first kappa shape index (κ1) is 11.0. The number of hydrogen-bond acceptors (Lipinski definition) is 3. The molecule has 3 unspecified atom stereocenters. The molecular weight excluding hydrogens is 180 g/mol. The SMILES string of the molecule is COC(C)C(=O)NC1CCCC1C#N. The summed E-state index contributed by atoms with van der Waals surface area (Å²) < 4.78 is 4.90. The first-order chi connectivity index (χ1) is 6.69. The second kappa shape index (κ2) is 4.97. The van der Waals surface area contributed by atoms with Crippen molar-refractivity contribution in [1.82, 2.24) is 5.32 Å². The van der Waals surface area contributed by atoms with Crippen LogP contribution in [0.1, 0.15) is 26.2 Å². The highest BCUT2D eigenvalue weighted by atomic mass is 16.5. The number of hydrogen-bond donors (Lipinski definition) is 1. The minimum atomic E-state index is -0.435. The maximum atomic E-state index is 11.4. The van der Waals surface area contributed by atoms with Gasteiger partial charge in [-0.15, -0.1) is 0 Å². The third-order valence-electron chi connectivity index (χ3n) is 2.73. The lowest BCUT2D eigenvalue weighted by Gasteiger charge is -2.17. The van der Waals surface area contributed by atoms with E-state index >= 15 is 0 Å². The van der Waals surface area contributed by atoms with E-state index in [2.05, 4.69) is 11.4 Å². The molecule has 1 amide bonds. The number of nitriles is 1. The minimum Gasteiger partial charge on any atom is -0.372 e. The van der Waals surface area contributed by atoms with E-state index in [0.717, 1.165) is 19.3 Å². The van der Waals surface area contributed by atoms with Gasteiger partial charge in [0.2, 0.25) is 5.91 Å². The summed E-state index contributed by atoms with van der Waals surface area (Å²) in [5.74, 6) is -0.150. The van der Waals surface area contributed by atoms with E-state index in [0.29, 0.717) is 0 Å². The highest BCUT2D eigenvalue weighted by molar-refractivity contribution is 5.80. The van der Waals surface area contributed by atoms with Crippen molar-refractivity contribution < 1.29 is 9.53 Å². The van der Waals surface area contributed by atoms with E-state index < -0.39 is 6.10 Å². The first-order valence-electron chi connectivity index (χ1n) is 4.91. The Labute approximate surface area is 84.2 Å². The lowest BCUT2D eigenvalue weighted by atomic mass is 10.1. The molecule has 1 rings (SSSR count). The first-order valence-corrected chi connectivity index (χ1v) is 4.91. The van der Waals surface area contributed by atoms with Gasteiger partial charge in [-0.05, 0) is 26.2 Å². The van der Waals surface area contributed by atoms with Gasteiger partial charge in [0, 0.05) is 13.2 Å². The molecule has 78 valence electrons. The van der Waals surface area contributed by atoms with Crippen LogP contribution in [0.25, 0.3) is 0 Å². The number of ether oxygens (including phenoxy) is 1. The van der Waals surface area contributed by atoms with Gasteiger partial charge in [-0.1, -0.05) is 0 Å². The van der Waals surface area contributed by atoms with E-state index in [-0.39, 0.29) is 17.9 Å².